The largest absolute Gasteiger partial charge is 0.487 e. The number of nitrogens with one attached hydrogen (secondary N) is 1. The SMILES string of the molecule is Cc1ccc(C(C)C)c(O[C@@H](C)C(=O)N[C@@H]2CC(C)(C)Oc3ccc(C)cc32)c1. The molecule has 1 N–H and O–H groups in total. The fourth-order valence-electron chi connectivity index (χ4n) is 3.86. The monoisotopic (exact) mass is 395 g/mol. The van der Waals surface area contributed by atoms with Crippen LogP contribution in [0, 0.1) is 13.8 Å². The molecule has 3 rings (SSSR count). The summed E-state index contributed by atoms with van der Waals surface area (Å²) in [6.45, 7) is 14.3. The summed E-state index contributed by atoms with van der Waals surface area (Å²) in [6, 6.07) is 12.2. The van der Waals surface area contributed by atoms with Crippen LogP contribution in [-0.4, -0.2) is 17.6 Å². The third-order valence-electron chi connectivity index (χ3n) is 5.40. The summed E-state index contributed by atoms with van der Waals surface area (Å²) in [6.07, 6.45) is 0.123. The van der Waals surface area contributed by atoms with E-state index in [0.29, 0.717) is 12.3 Å². The molecule has 2 atom stereocenters. The molecular formula is C25H33NO3. The van der Waals surface area contributed by atoms with Crippen LogP contribution < -0.4 is 14.8 Å². The molecular weight excluding hydrogens is 362 g/mol. The van der Waals surface area contributed by atoms with Crippen LogP contribution in [0.4, 0.5) is 0 Å². The molecule has 1 heterocycles. The molecule has 0 spiro atoms. The lowest BCUT2D eigenvalue weighted by Crippen LogP contribution is -2.44. The van der Waals surface area contributed by atoms with Crippen molar-refractivity contribution in [1.82, 2.24) is 5.32 Å². The highest BCUT2D eigenvalue weighted by Gasteiger charge is 2.35. The van der Waals surface area contributed by atoms with E-state index < -0.39 is 6.10 Å². The van der Waals surface area contributed by atoms with Crippen molar-refractivity contribution in [3.8, 4) is 11.5 Å². The number of aryl methyl sites for hydroxylation is 2. The highest BCUT2D eigenvalue weighted by atomic mass is 16.5. The molecule has 0 unspecified atom stereocenters. The Bertz CT molecular complexity index is 901. The van der Waals surface area contributed by atoms with Gasteiger partial charge in [0, 0.05) is 12.0 Å². The minimum atomic E-state index is -0.589. The van der Waals surface area contributed by atoms with Crippen LogP contribution in [0.25, 0.3) is 0 Å². The molecule has 156 valence electrons. The molecule has 1 aliphatic rings. The Morgan fingerprint density at radius 1 is 1.10 bits per heavy atom. The van der Waals surface area contributed by atoms with Gasteiger partial charge < -0.3 is 14.8 Å². The number of benzene rings is 2. The average Bonchev–Trinajstić information content (AvgIpc) is 2.61. The summed E-state index contributed by atoms with van der Waals surface area (Å²) in [5.74, 6) is 1.83. The van der Waals surface area contributed by atoms with Crippen LogP contribution in [0.3, 0.4) is 0 Å². The Labute approximate surface area is 174 Å². The number of fused-ring (bicyclic) bond motifs is 1. The van der Waals surface area contributed by atoms with Gasteiger partial charge in [-0.1, -0.05) is 43.7 Å². The molecule has 0 saturated carbocycles. The van der Waals surface area contributed by atoms with E-state index in [1.807, 2.05) is 32.0 Å². The normalized spacial score (nSPS) is 18.6. The third-order valence-corrected chi connectivity index (χ3v) is 5.40. The van der Waals surface area contributed by atoms with Crippen LogP contribution in [0.5, 0.6) is 11.5 Å². The van der Waals surface area contributed by atoms with E-state index in [9.17, 15) is 4.79 Å². The van der Waals surface area contributed by atoms with Gasteiger partial charge in [-0.3, -0.25) is 4.79 Å². The summed E-state index contributed by atoms with van der Waals surface area (Å²) < 4.78 is 12.2. The van der Waals surface area contributed by atoms with Crippen LogP contribution in [0.1, 0.15) is 75.3 Å². The minimum absolute atomic E-state index is 0.103. The van der Waals surface area contributed by atoms with Crippen LogP contribution >= 0.6 is 0 Å². The van der Waals surface area contributed by atoms with E-state index in [1.54, 1.807) is 0 Å². The zero-order valence-corrected chi connectivity index (χ0v) is 18.6. The predicted octanol–water partition coefficient (Wildman–Crippen LogP) is 5.61. The molecule has 0 radical (unpaired) electrons. The molecule has 0 fully saturated rings. The molecule has 0 bridgehead atoms. The standard InChI is InChI=1S/C25H33NO3/c1-15(2)19-10-8-17(4)13-23(19)28-18(5)24(27)26-21-14-25(6,7)29-22-11-9-16(3)12-20(21)22/h8-13,15,18,21H,14H2,1-7H3,(H,26,27)/t18-,21+/m0/s1. The number of ether oxygens (including phenoxy) is 2. The molecule has 1 aliphatic heterocycles. The van der Waals surface area contributed by atoms with E-state index in [1.165, 1.54) is 0 Å². The van der Waals surface area contributed by atoms with Crippen molar-refractivity contribution in [2.24, 2.45) is 0 Å². The van der Waals surface area contributed by atoms with Crippen molar-refractivity contribution < 1.29 is 14.3 Å². The zero-order chi connectivity index (χ0) is 21.3. The second kappa shape index (κ2) is 8.10. The number of amides is 1. The van der Waals surface area contributed by atoms with Gasteiger partial charge >= 0.3 is 0 Å². The first-order valence-corrected chi connectivity index (χ1v) is 10.4. The summed E-state index contributed by atoms with van der Waals surface area (Å²) in [4.78, 5) is 13.0. The van der Waals surface area contributed by atoms with Gasteiger partial charge in [-0.2, -0.15) is 0 Å². The maximum atomic E-state index is 13.0. The maximum absolute atomic E-state index is 13.0. The smallest absolute Gasteiger partial charge is 0.261 e. The van der Waals surface area contributed by atoms with E-state index in [0.717, 1.165) is 33.8 Å². The first kappa shape index (κ1) is 21.2. The molecule has 29 heavy (non-hydrogen) atoms. The molecule has 4 nitrogen and oxygen atoms in total. The Balaban J connectivity index is 1.79. The Morgan fingerprint density at radius 2 is 1.76 bits per heavy atom. The van der Waals surface area contributed by atoms with Crippen molar-refractivity contribution in [1.29, 1.82) is 0 Å². The van der Waals surface area contributed by atoms with E-state index in [4.69, 9.17) is 9.47 Å². The van der Waals surface area contributed by atoms with Crippen LogP contribution in [0.2, 0.25) is 0 Å². The van der Waals surface area contributed by atoms with Gasteiger partial charge in [0.15, 0.2) is 6.10 Å². The summed E-state index contributed by atoms with van der Waals surface area (Å²) in [7, 11) is 0. The van der Waals surface area contributed by atoms with E-state index in [-0.39, 0.29) is 17.6 Å². The van der Waals surface area contributed by atoms with Crippen molar-refractivity contribution in [3.05, 3.63) is 58.7 Å². The topological polar surface area (TPSA) is 47.6 Å². The van der Waals surface area contributed by atoms with E-state index >= 15 is 0 Å². The van der Waals surface area contributed by atoms with Gasteiger partial charge in [0.25, 0.3) is 5.91 Å². The first-order valence-electron chi connectivity index (χ1n) is 10.4. The Kier molecular flexibility index (Phi) is 5.92. The summed E-state index contributed by atoms with van der Waals surface area (Å²) in [5.41, 5.74) is 4.07. The zero-order valence-electron chi connectivity index (χ0n) is 18.6. The van der Waals surface area contributed by atoms with Gasteiger partial charge in [0.2, 0.25) is 0 Å². The quantitative estimate of drug-likeness (QED) is 0.715. The number of carbonyl (C=O) groups is 1. The number of rotatable bonds is 5. The van der Waals surface area contributed by atoms with E-state index in [2.05, 4.69) is 58.1 Å². The van der Waals surface area contributed by atoms with Crippen molar-refractivity contribution in [3.63, 3.8) is 0 Å². The number of hydrogen-bond donors (Lipinski definition) is 1. The number of hydrogen-bond acceptors (Lipinski definition) is 3. The molecule has 1 amide bonds. The first-order chi connectivity index (χ1) is 13.6. The molecule has 2 aromatic carbocycles. The fourth-order valence-corrected chi connectivity index (χ4v) is 3.86. The fraction of sp³-hybridized carbons (Fsp3) is 0.480. The molecule has 2 aromatic rings. The average molecular weight is 396 g/mol. The van der Waals surface area contributed by atoms with Crippen molar-refractivity contribution >= 4 is 5.91 Å². The van der Waals surface area contributed by atoms with Crippen molar-refractivity contribution in [2.75, 3.05) is 0 Å². The van der Waals surface area contributed by atoms with Gasteiger partial charge in [-0.25, -0.2) is 0 Å². The molecule has 0 aromatic heterocycles. The third kappa shape index (κ3) is 4.92. The van der Waals surface area contributed by atoms with Gasteiger partial charge in [-0.05, 0) is 63.8 Å². The van der Waals surface area contributed by atoms with Crippen LogP contribution in [0.15, 0.2) is 36.4 Å². The maximum Gasteiger partial charge on any atom is 0.261 e. The lowest BCUT2D eigenvalue weighted by Gasteiger charge is -2.38. The number of carbonyl (C=O) groups excluding carboxylic acids is 1. The lowest BCUT2D eigenvalue weighted by molar-refractivity contribution is -0.128. The highest BCUT2D eigenvalue weighted by Crippen LogP contribution is 2.40. The molecule has 0 aliphatic carbocycles. The summed E-state index contributed by atoms with van der Waals surface area (Å²) >= 11 is 0. The van der Waals surface area contributed by atoms with Gasteiger partial charge in [0.05, 0.1) is 6.04 Å². The molecule has 0 saturated heterocycles. The van der Waals surface area contributed by atoms with Gasteiger partial charge in [-0.15, -0.1) is 0 Å². The predicted molar refractivity (Wildman–Crippen MR) is 117 cm³/mol. The second-order valence-electron chi connectivity index (χ2n) is 9.12. The van der Waals surface area contributed by atoms with Gasteiger partial charge in [0.1, 0.15) is 17.1 Å². The molecule has 4 heteroatoms. The summed E-state index contributed by atoms with van der Waals surface area (Å²) in [5, 5.41) is 3.20. The Morgan fingerprint density at radius 3 is 2.45 bits per heavy atom. The second-order valence-corrected chi connectivity index (χ2v) is 9.12. The minimum Gasteiger partial charge on any atom is -0.487 e. The Hall–Kier alpha value is -2.49. The lowest BCUT2D eigenvalue weighted by atomic mass is 9.89. The highest BCUT2D eigenvalue weighted by molar-refractivity contribution is 5.81. The van der Waals surface area contributed by atoms with Crippen LogP contribution in [-0.2, 0) is 4.79 Å². The van der Waals surface area contributed by atoms with Crippen molar-refractivity contribution in [2.45, 2.75) is 78.6 Å².